The molecule has 3 amide bonds. The maximum atomic E-state index is 13.6. The maximum Gasteiger partial charge on any atom is 0.418 e. The number of nitrogens with one attached hydrogen (secondary N) is 1. The third-order valence-electron chi connectivity index (χ3n) is 5.45. The minimum atomic E-state index is -2.02. The third kappa shape index (κ3) is 3.99. The van der Waals surface area contributed by atoms with E-state index in [9.17, 15) is 14.4 Å². The summed E-state index contributed by atoms with van der Waals surface area (Å²) < 4.78 is 10.7. The number of rotatable bonds is 7. The number of cyclic esters (lactones) is 1. The molecule has 0 radical (unpaired) electrons. The van der Waals surface area contributed by atoms with Gasteiger partial charge in [0.05, 0.1) is 18.3 Å². The minimum absolute atomic E-state index is 0.00921. The Labute approximate surface area is 185 Å². The lowest BCUT2D eigenvalue weighted by Crippen LogP contribution is -2.54. The van der Waals surface area contributed by atoms with Crippen molar-refractivity contribution in [2.24, 2.45) is 0 Å². The van der Waals surface area contributed by atoms with E-state index in [1.807, 2.05) is 36.4 Å². The molecule has 8 heteroatoms. The number of nitrogens with zero attached hydrogens (tertiary/aromatic N) is 2. The Morgan fingerprint density at radius 3 is 2.38 bits per heavy atom. The zero-order valence-corrected chi connectivity index (χ0v) is 17.8. The minimum Gasteiger partial charge on any atom is -0.422 e. The number of hydrogen-bond acceptors (Lipinski definition) is 6. The molecule has 1 aromatic heterocycles. The van der Waals surface area contributed by atoms with E-state index in [1.165, 1.54) is 0 Å². The van der Waals surface area contributed by atoms with E-state index in [-0.39, 0.29) is 13.0 Å². The number of benzene rings is 2. The first-order valence-electron chi connectivity index (χ1n) is 10.3. The monoisotopic (exact) mass is 433 g/mol. The second-order valence-electron chi connectivity index (χ2n) is 7.74. The Balaban J connectivity index is 1.65. The van der Waals surface area contributed by atoms with Gasteiger partial charge in [-0.1, -0.05) is 65.8 Å². The number of ether oxygens (including phenoxy) is 1. The first-order valence-corrected chi connectivity index (χ1v) is 10.3. The van der Waals surface area contributed by atoms with Crippen LogP contribution < -0.4 is 5.32 Å². The van der Waals surface area contributed by atoms with Crippen LogP contribution in [0.5, 0.6) is 0 Å². The van der Waals surface area contributed by atoms with Crippen LogP contribution in [0.25, 0.3) is 0 Å². The van der Waals surface area contributed by atoms with Crippen molar-refractivity contribution in [2.75, 3.05) is 0 Å². The lowest BCUT2D eigenvalue weighted by molar-refractivity contribution is -0.150. The van der Waals surface area contributed by atoms with Gasteiger partial charge in [-0.25, -0.2) is 9.69 Å². The summed E-state index contributed by atoms with van der Waals surface area (Å²) in [6.07, 6.45) is -0.939. The zero-order chi connectivity index (χ0) is 22.7. The molecule has 3 aromatic rings. The summed E-state index contributed by atoms with van der Waals surface area (Å²) in [5, 5.41) is 6.45. The van der Waals surface area contributed by atoms with Crippen molar-refractivity contribution in [3.63, 3.8) is 0 Å². The molecule has 2 aromatic carbocycles. The quantitative estimate of drug-likeness (QED) is 0.574. The smallest absolute Gasteiger partial charge is 0.418 e. The predicted molar refractivity (Wildman–Crippen MR) is 114 cm³/mol. The van der Waals surface area contributed by atoms with Crippen molar-refractivity contribution in [2.45, 2.75) is 38.5 Å². The fourth-order valence-electron chi connectivity index (χ4n) is 3.76. The summed E-state index contributed by atoms with van der Waals surface area (Å²) in [5.74, 6) is -0.984. The second kappa shape index (κ2) is 8.66. The lowest BCUT2D eigenvalue weighted by Gasteiger charge is -2.25. The number of carbonyl (C=O) groups is 3. The molecule has 1 aliphatic rings. The standard InChI is InChI=1S/C24H23N3O5/c1-16-13-20(32-26-16)15-25-21(28)24(14-18-9-5-3-6-10-18)22(29)27(23(30)31-24)17(2)19-11-7-4-8-12-19/h3-13,17H,14-15H2,1-2H3,(H,25,28)/t17-,24-/m1/s1. The lowest BCUT2D eigenvalue weighted by atomic mass is 9.91. The number of imide groups is 1. The molecule has 0 saturated carbocycles. The van der Waals surface area contributed by atoms with Crippen molar-refractivity contribution in [1.82, 2.24) is 15.4 Å². The van der Waals surface area contributed by atoms with E-state index < -0.39 is 29.6 Å². The van der Waals surface area contributed by atoms with Crippen LogP contribution in [0.1, 0.15) is 35.5 Å². The van der Waals surface area contributed by atoms with E-state index in [0.29, 0.717) is 17.0 Å². The van der Waals surface area contributed by atoms with E-state index in [4.69, 9.17) is 9.26 Å². The summed E-state index contributed by atoms with van der Waals surface area (Å²) in [6, 6.07) is 19.2. The summed E-state index contributed by atoms with van der Waals surface area (Å²) in [7, 11) is 0. The van der Waals surface area contributed by atoms with Crippen LogP contribution in [0.2, 0.25) is 0 Å². The molecule has 1 fully saturated rings. The highest BCUT2D eigenvalue weighted by Gasteiger charge is 2.60. The highest BCUT2D eigenvalue weighted by atomic mass is 16.6. The Morgan fingerprint density at radius 1 is 1.09 bits per heavy atom. The number of aryl methyl sites for hydroxylation is 1. The van der Waals surface area contributed by atoms with Crippen molar-refractivity contribution >= 4 is 17.9 Å². The number of aromatic nitrogens is 1. The van der Waals surface area contributed by atoms with Crippen LogP contribution in [-0.4, -0.2) is 33.6 Å². The van der Waals surface area contributed by atoms with Gasteiger partial charge in [0, 0.05) is 12.5 Å². The van der Waals surface area contributed by atoms with Gasteiger partial charge in [-0.05, 0) is 25.0 Å². The maximum absolute atomic E-state index is 13.6. The number of carbonyl (C=O) groups excluding carboxylic acids is 3. The molecule has 0 bridgehead atoms. The molecule has 1 aliphatic heterocycles. The molecule has 2 atom stereocenters. The van der Waals surface area contributed by atoms with Gasteiger partial charge < -0.3 is 14.6 Å². The van der Waals surface area contributed by atoms with Crippen LogP contribution in [-0.2, 0) is 27.3 Å². The molecular weight excluding hydrogens is 410 g/mol. The molecular formula is C24H23N3O5. The van der Waals surface area contributed by atoms with Crippen molar-refractivity contribution in [1.29, 1.82) is 0 Å². The average Bonchev–Trinajstić information content (AvgIpc) is 3.33. The van der Waals surface area contributed by atoms with Gasteiger partial charge >= 0.3 is 6.09 Å². The van der Waals surface area contributed by atoms with Crippen molar-refractivity contribution < 1.29 is 23.6 Å². The van der Waals surface area contributed by atoms with Gasteiger partial charge in [0.2, 0.25) is 0 Å². The van der Waals surface area contributed by atoms with Crippen LogP contribution in [0.4, 0.5) is 4.79 Å². The normalized spacial score (nSPS) is 19.0. The van der Waals surface area contributed by atoms with E-state index in [0.717, 1.165) is 10.5 Å². The number of amides is 3. The van der Waals surface area contributed by atoms with Crippen molar-refractivity contribution in [3.05, 3.63) is 89.3 Å². The summed E-state index contributed by atoms with van der Waals surface area (Å²) >= 11 is 0. The first kappa shape index (κ1) is 21.3. The Bertz CT molecular complexity index is 1130. The van der Waals surface area contributed by atoms with Crippen LogP contribution >= 0.6 is 0 Å². The van der Waals surface area contributed by atoms with Crippen LogP contribution in [0, 0.1) is 6.92 Å². The van der Waals surface area contributed by atoms with Crippen LogP contribution in [0.15, 0.2) is 71.3 Å². The molecule has 1 saturated heterocycles. The average molecular weight is 433 g/mol. The third-order valence-corrected chi connectivity index (χ3v) is 5.45. The number of hydrogen-bond donors (Lipinski definition) is 1. The topological polar surface area (TPSA) is 102 Å². The van der Waals surface area contributed by atoms with Gasteiger partial charge in [-0.3, -0.25) is 9.59 Å². The molecule has 32 heavy (non-hydrogen) atoms. The fraction of sp³-hybridized carbons (Fsp3) is 0.250. The van der Waals surface area contributed by atoms with Gasteiger partial charge in [-0.2, -0.15) is 0 Å². The van der Waals surface area contributed by atoms with E-state index in [1.54, 1.807) is 44.2 Å². The fourth-order valence-corrected chi connectivity index (χ4v) is 3.76. The Hall–Kier alpha value is -3.94. The first-order chi connectivity index (χ1) is 15.4. The molecule has 2 heterocycles. The van der Waals surface area contributed by atoms with Gasteiger partial charge in [0.1, 0.15) is 0 Å². The highest BCUT2D eigenvalue weighted by Crippen LogP contribution is 2.35. The van der Waals surface area contributed by atoms with Gasteiger partial charge in [0.15, 0.2) is 5.76 Å². The second-order valence-corrected chi connectivity index (χ2v) is 7.74. The molecule has 4 rings (SSSR count). The highest BCUT2D eigenvalue weighted by molar-refractivity contribution is 6.17. The zero-order valence-electron chi connectivity index (χ0n) is 17.8. The van der Waals surface area contributed by atoms with Crippen LogP contribution in [0.3, 0.4) is 0 Å². The molecule has 8 nitrogen and oxygen atoms in total. The Morgan fingerprint density at radius 2 is 1.75 bits per heavy atom. The summed E-state index contributed by atoms with van der Waals surface area (Å²) in [4.78, 5) is 40.8. The van der Waals surface area contributed by atoms with E-state index in [2.05, 4.69) is 10.5 Å². The summed E-state index contributed by atoms with van der Waals surface area (Å²) in [5.41, 5.74) is 0.0927. The summed E-state index contributed by atoms with van der Waals surface area (Å²) in [6.45, 7) is 3.49. The van der Waals surface area contributed by atoms with Gasteiger partial charge in [0.25, 0.3) is 17.4 Å². The molecule has 164 valence electrons. The Kier molecular flexibility index (Phi) is 5.77. The molecule has 0 aliphatic carbocycles. The van der Waals surface area contributed by atoms with E-state index >= 15 is 0 Å². The largest absolute Gasteiger partial charge is 0.422 e. The SMILES string of the molecule is Cc1cc(CNC(=O)[C@@]2(Cc3ccccc3)OC(=O)N([C@H](C)c3ccccc3)C2=O)on1. The molecule has 0 spiro atoms. The molecule has 0 unspecified atom stereocenters. The predicted octanol–water partition coefficient (Wildman–Crippen LogP) is 3.32. The van der Waals surface area contributed by atoms with Crippen molar-refractivity contribution in [3.8, 4) is 0 Å². The van der Waals surface area contributed by atoms with Gasteiger partial charge in [-0.15, -0.1) is 0 Å². The molecule has 1 N–H and O–H groups in total.